The summed E-state index contributed by atoms with van der Waals surface area (Å²) in [5, 5.41) is 0.571. The van der Waals surface area contributed by atoms with E-state index in [4.69, 9.17) is 17.3 Å². The van der Waals surface area contributed by atoms with Crippen LogP contribution in [0.25, 0.3) is 0 Å². The molecular formula is C11H20ClN5. The highest BCUT2D eigenvalue weighted by molar-refractivity contribution is 6.30. The molecule has 0 aliphatic carbocycles. The lowest BCUT2D eigenvalue weighted by atomic mass is 10.1. The third kappa shape index (κ3) is 2.63. The van der Waals surface area contributed by atoms with Gasteiger partial charge in [0.25, 0.3) is 0 Å². The quantitative estimate of drug-likeness (QED) is 0.848. The zero-order valence-electron chi connectivity index (χ0n) is 10.4. The summed E-state index contributed by atoms with van der Waals surface area (Å²) in [6, 6.07) is 0.170. The first-order valence-corrected chi connectivity index (χ1v) is 6.30. The van der Waals surface area contributed by atoms with Crippen molar-refractivity contribution < 1.29 is 0 Å². The molecule has 0 saturated carbocycles. The molecule has 0 aromatic carbocycles. The summed E-state index contributed by atoms with van der Waals surface area (Å²) in [5.74, 6) is 0. The largest absolute Gasteiger partial charge is 0.335 e. The first-order valence-electron chi connectivity index (χ1n) is 5.93. The average Bonchev–Trinajstić information content (AvgIpc) is 2.64. The molecular weight excluding hydrogens is 238 g/mol. The van der Waals surface area contributed by atoms with Crippen LogP contribution in [0.1, 0.15) is 11.7 Å². The van der Waals surface area contributed by atoms with Gasteiger partial charge in [-0.2, -0.15) is 0 Å². The van der Waals surface area contributed by atoms with Crippen LogP contribution in [0.15, 0.2) is 6.33 Å². The molecule has 2 N–H and O–H groups in total. The third-order valence-electron chi connectivity index (χ3n) is 3.45. The number of rotatable bonds is 3. The van der Waals surface area contributed by atoms with Gasteiger partial charge in [-0.1, -0.05) is 11.6 Å². The lowest BCUT2D eigenvalue weighted by Crippen LogP contribution is -2.48. The van der Waals surface area contributed by atoms with Crippen LogP contribution in [-0.2, 0) is 7.05 Å². The molecule has 1 fully saturated rings. The molecule has 1 saturated heterocycles. The van der Waals surface area contributed by atoms with Crippen molar-refractivity contribution in [3.05, 3.63) is 17.2 Å². The van der Waals surface area contributed by atoms with Gasteiger partial charge >= 0.3 is 0 Å². The molecule has 0 bridgehead atoms. The molecule has 96 valence electrons. The maximum Gasteiger partial charge on any atom is 0.151 e. The molecule has 0 amide bonds. The van der Waals surface area contributed by atoms with Gasteiger partial charge in [0.2, 0.25) is 0 Å². The molecule has 0 radical (unpaired) electrons. The summed E-state index contributed by atoms with van der Waals surface area (Å²) >= 11 is 6.14. The van der Waals surface area contributed by atoms with Crippen LogP contribution in [0, 0.1) is 0 Å². The van der Waals surface area contributed by atoms with Crippen LogP contribution in [0.4, 0.5) is 0 Å². The Morgan fingerprint density at radius 3 is 2.47 bits per heavy atom. The van der Waals surface area contributed by atoms with E-state index in [0.717, 1.165) is 31.9 Å². The molecule has 1 aromatic rings. The minimum atomic E-state index is 0.170. The maximum atomic E-state index is 6.14. The van der Waals surface area contributed by atoms with Gasteiger partial charge in [-0.05, 0) is 7.05 Å². The molecule has 1 unspecified atom stereocenters. The minimum absolute atomic E-state index is 0.170. The van der Waals surface area contributed by atoms with E-state index in [0.29, 0.717) is 11.7 Å². The van der Waals surface area contributed by atoms with Gasteiger partial charge in [0.15, 0.2) is 5.15 Å². The number of hydrogen-bond acceptors (Lipinski definition) is 4. The highest BCUT2D eigenvalue weighted by Gasteiger charge is 2.26. The molecule has 2 rings (SSSR count). The normalized spacial score (nSPS) is 20.7. The van der Waals surface area contributed by atoms with E-state index in [1.807, 2.05) is 11.6 Å². The molecule has 1 aliphatic rings. The summed E-state index contributed by atoms with van der Waals surface area (Å²) in [7, 11) is 4.11. The molecule has 1 aromatic heterocycles. The molecule has 1 atom stereocenters. The standard InChI is InChI=1S/C11H20ClN5/c1-15-3-5-17(6-4-15)9(7-13)10-11(12)14-8-16(10)2/h8-9H,3-7,13H2,1-2H3. The van der Waals surface area contributed by atoms with Gasteiger partial charge in [-0.25, -0.2) is 4.98 Å². The van der Waals surface area contributed by atoms with E-state index in [9.17, 15) is 0 Å². The van der Waals surface area contributed by atoms with Crippen molar-refractivity contribution in [2.75, 3.05) is 39.8 Å². The highest BCUT2D eigenvalue weighted by Crippen LogP contribution is 2.26. The Morgan fingerprint density at radius 1 is 1.35 bits per heavy atom. The Labute approximate surface area is 107 Å². The number of halogens is 1. The number of aryl methyl sites for hydroxylation is 1. The second-order valence-electron chi connectivity index (χ2n) is 4.62. The molecule has 17 heavy (non-hydrogen) atoms. The molecule has 1 aliphatic heterocycles. The topological polar surface area (TPSA) is 50.3 Å². The predicted octanol–water partition coefficient (Wildman–Crippen LogP) is 0.321. The number of nitrogens with two attached hydrogens (primary N) is 1. The van der Waals surface area contributed by atoms with Crippen molar-refractivity contribution >= 4 is 11.6 Å². The van der Waals surface area contributed by atoms with E-state index in [-0.39, 0.29) is 6.04 Å². The Bertz CT molecular complexity index is 350. The van der Waals surface area contributed by atoms with Crippen molar-refractivity contribution in [2.24, 2.45) is 12.8 Å². The first-order chi connectivity index (χ1) is 8.13. The van der Waals surface area contributed by atoms with Crippen LogP contribution in [0.2, 0.25) is 5.15 Å². The van der Waals surface area contributed by atoms with Gasteiger partial charge < -0.3 is 15.2 Å². The molecule has 2 heterocycles. The van der Waals surface area contributed by atoms with Crippen molar-refractivity contribution in [1.82, 2.24) is 19.4 Å². The fourth-order valence-corrected chi connectivity index (χ4v) is 2.65. The summed E-state index contributed by atoms with van der Waals surface area (Å²) in [6.07, 6.45) is 1.75. The Morgan fingerprint density at radius 2 is 2.00 bits per heavy atom. The molecule has 0 spiro atoms. The summed E-state index contributed by atoms with van der Waals surface area (Å²) < 4.78 is 1.97. The number of likely N-dealkylation sites (N-methyl/N-ethyl adjacent to an activating group) is 1. The highest BCUT2D eigenvalue weighted by atomic mass is 35.5. The fourth-order valence-electron chi connectivity index (χ4n) is 2.35. The number of piperazine rings is 1. The summed E-state index contributed by atoms with van der Waals surface area (Å²) in [5.41, 5.74) is 6.94. The monoisotopic (exact) mass is 257 g/mol. The zero-order valence-corrected chi connectivity index (χ0v) is 11.2. The van der Waals surface area contributed by atoms with Gasteiger partial charge in [0, 0.05) is 39.8 Å². The van der Waals surface area contributed by atoms with E-state index in [1.54, 1.807) is 6.33 Å². The lowest BCUT2D eigenvalue weighted by Gasteiger charge is -2.37. The van der Waals surface area contributed by atoms with Crippen LogP contribution in [-0.4, -0.2) is 59.1 Å². The van der Waals surface area contributed by atoms with E-state index in [1.165, 1.54) is 0 Å². The average molecular weight is 258 g/mol. The second-order valence-corrected chi connectivity index (χ2v) is 4.98. The Kier molecular flexibility index (Phi) is 4.04. The zero-order chi connectivity index (χ0) is 12.4. The smallest absolute Gasteiger partial charge is 0.151 e. The van der Waals surface area contributed by atoms with Gasteiger partial charge in [0.05, 0.1) is 18.1 Å². The number of nitrogens with zero attached hydrogens (tertiary/aromatic N) is 4. The SMILES string of the molecule is CN1CCN(C(CN)c2c(Cl)ncn2C)CC1. The van der Waals surface area contributed by atoms with Crippen LogP contribution >= 0.6 is 11.6 Å². The van der Waals surface area contributed by atoms with Gasteiger partial charge in [0.1, 0.15) is 0 Å². The van der Waals surface area contributed by atoms with E-state index < -0.39 is 0 Å². The Hall–Kier alpha value is -0.620. The number of hydrogen-bond donors (Lipinski definition) is 1. The van der Waals surface area contributed by atoms with E-state index in [2.05, 4.69) is 21.8 Å². The van der Waals surface area contributed by atoms with Crippen LogP contribution in [0.5, 0.6) is 0 Å². The lowest BCUT2D eigenvalue weighted by molar-refractivity contribution is 0.111. The second kappa shape index (κ2) is 5.35. The van der Waals surface area contributed by atoms with Crippen molar-refractivity contribution in [3.63, 3.8) is 0 Å². The Balaban J connectivity index is 2.16. The maximum absolute atomic E-state index is 6.14. The van der Waals surface area contributed by atoms with Crippen LogP contribution < -0.4 is 5.73 Å². The predicted molar refractivity (Wildman–Crippen MR) is 69.1 cm³/mol. The number of aromatic nitrogens is 2. The van der Waals surface area contributed by atoms with E-state index >= 15 is 0 Å². The van der Waals surface area contributed by atoms with Crippen molar-refractivity contribution in [1.29, 1.82) is 0 Å². The van der Waals surface area contributed by atoms with Crippen molar-refractivity contribution in [3.8, 4) is 0 Å². The first kappa shape index (κ1) is 12.8. The van der Waals surface area contributed by atoms with Gasteiger partial charge in [-0.3, -0.25) is 4.90 Å². The fraction of sp³-hybridized carbons (Fsp3) is 0.727. The number of imidazole rings is 1. The summed E-state index contributed by atoms with van der Waals surface area (Å²) in [6.45, 7) is 4.78. The third-order valence-corrected chi connectivity index (χ3v) is 3.74. The molecule has 5 nitrogen and oxygen atoms in total. The van der Waals surface area contributed by atoms with Crippen LogP contribution in [0.3, 0.4) is 0 Å². The van der Waals surface area contributed by atoms with Crippen molar-refractivity contribution in [2.45, 2.75) is 6.04 Å². The molecule has 6 heteroatoms. The van der Waals surface area contributed by atoms with Gasteiger partial charge in [-0.15, -0.1) is 0 Å². The summed E-state index contributed by atoms with van der Waals surface area (Å²) in [4.78, 5) is 8.85. The minimum Gasteiger partial charge on any atom is -0.335 e.